The number of anilines is 1. The summed E-state index contributed by atoms with van der Waals surface area (Å²) in [6.07, 6.45) is 4.56. The zero-order valence-electron chi connectivity index (χ0n) is 19.9. The molecule has 5 rings (SSSR count). The number of amides is 1. The monoisotopic (exact) mass is 460 g/mol. The normalized spacial score (nSPS) is 17.9. The second-order valence-electron chi connectivity index (χ2n) is 9.30. The van der Waals surface area contributed by atoms with E-state index in [9.17, 15) is 9.59 Å². The molecule has 34 heavy (non-hydrogen) atoms. The van der Waals surface area contributed by atoms with E-state index < -0.39 is 5.54 Å². The van der Waals surface area contributed by atoms with Gasteiger partial charge in [-0.25, -0.2) is 0 Å². The molecule has 2 aliphatic rings. The zero-order chi connectivity index (χ0) is 23.7. The van der Waals surface area contributed by atoms with E-state index >= 15 is 0 Å². The number of ether oxygens (including phenoxy) is 1. The summed E-state index contributed by atoms with van der Waals surface area (Å²) in [4.78, 5) is 29.7. The van der Waals surface area contributed by atoms with Gasteiger partial charge in [0.1, 0.15) is 11.3 Å². The van der Waals surface area contributed by atoms with Crippen molar-refractivity contribution in [3.63, 3.8) is 0 Å². The number of nitrogens with one attached hydrogen (secondary N) is 1. The third kappa shape index (κ3) is 3.84. The minimum Gasteiger partial charge on any atom is -0.495 e. The number of hydrogen-bond donors (Lipinski definition) is 1. The van der Waals surface area contributed by atoms with Crippen molar-refractivity contribution in [3.8, 4) is 5.75 Å². The summed E-state index contributed by atoms with van der Waals surface area (Å²) in [5, 5.41) is 4.02. The summed E-state index contributed by atoms with van der Waals surface area (Å²) in [5.74, 6) is 1.01. The molecule has 0 atom stereocenters. The van der Waals surface area contributed by atoms with Gasteiger partial charge >= 0.3 is 0 Å². The minimum atomic E-state index is -0.446. The van der Waals surface area contributed by atoms with Gasteiger partial charge in [0, 0.05) is 42.5 Å². The number of fused-ring (bicyclic) bond motifs is 1. The van der Waals surface area contributed by atoms with Gasteiger partial charge in [0.2, 0.25) is 5.91 Å². The number of hydrogen-bond acceptors (Lipinski definition) is 5. The Bertz CT molecular complexity index is 1200. The van der Waals surface area contributed by atoms with Crippen LogP contribution in [0.15, 0.2) is 54.7 Å². The summed E-state index contributed by atoms with van der Waals surface area (Å²) in [5.41, 5.74) is 2.37. The largest absolute Gasteiger partial charge is 0.495 e. The Kier molecular flexibility index (Phi) is 6.04. The van der Waals surface area contributed by atoms with Gasteiger partial charge < -0.3 is 24.4 Å². The molecular weight excluding hydrogens is 428 g/mol. The number of carbonyl (C=O) groups excluding carboxylic acids is 2. The predicted octanol–water partition coefficient (Wildman–Crippen LogP) is 3.67. The third-order valence-electron chi connectivity index (χ3n) is 7.42. The number of aromatic nitrogens is 1. The average Bonchev–Trinajstić information content (AvgIpc) is 3.39. The first-order valence-corrected chi connectivity index (χ1v) is 12.0. The SMILES string of the molecule is COc1cccc2c(C(C)=O)cn(CCCN3CCC4(CC3)C(=O)NCN4c3ccccc3)c12. The van der Waals surface area contributed by atoms with E-state index in [1.165, 1.54) is 0 Å². The Balaban J connectivity index is 1.24. The molecule has 1 amide bonds. The number of benzene rings is 2. The number of aryl methyl sites for hydroxylation is 1. The first kappa shape index (κ1) is 22.5. The summed E-state index contributed by atoms with van der Waals surface area (Å²) in [7, 11) is 1.67. The number of likely N-dealkylation sites (tertiary alicyclic amines) is 1. The van der Waals surface area contributed by atoms with Crippen molar-refractivity contribution in [1.82, 2.24) is 14.8 Å². The molecule has 2 aliphatic heterocycles. The summed E-state index contributed by atoms with van der Waals surface area (Å²) < 4.78 is 7.73. The summed E-state index contributed by atoms with van der Waals surface area (Å²) >= 11 is 0. The van der Waals surface area contributed by atoms with Crippen LogP contribution in [0.25, 0.3) is 10.9 Å². The van der Waals surface area contributed by atoms with E-state index in [1.54, 1.807) is 14.0 Å². The Morgan fingerprint density at radius 2 is 1.82 bits per heavy atom. The van der Waals surface area contributed by atoms with E-state index in [1.807, 2.05) is 42.6 Å². The fourth-order valence-corrected chi connectivity index (χ4v) is 5.59. The average molecular weight is 461 g/mol. The van der Waals surface area contributed by atoms with Crippen molar-refractivity contribution in [1.29, 1.82) is 0 Å². The fraction of sp³-hybridized carbons (Fsp3) is 0.407. The number of ketones is 1. The smallest absolute Gasteiger partial charge is 0.247 e. The summed E-state index contributed by atoms with van der Waals surface area (Å²) in [6, 6.07) is 16.1. The topological polar surface area (TPSA) is 66.8 Å². The first-order valence-electron chi connectivity index (χ1n) is 12.0. The van der Waals surface area contributed by atoms with Crippen LogP contribution < -0.4 is 15.0 Å². The van der Waals surface area contributed by atoms with Gasteiger partial charge in [0.15, 0.2) is 5.78 Å². The Morgan fingerprint density at radius 3 is 2.53 bits per heavy atom. The molecule has 1 N–H and O–H groups in total. The molecule has 0 aliphatic carbocycles. The maximum absolute atomic E-state index is 12.9. The van der Waals surface area contributed by atoms with Crippen molar-refractivity contribution in [2.24, 2.45) is 0 Å². The maximum Gasteiger partial charge on any atom is 0.247 e. The van der Waals surface area contributed by atoms with Crippen LogP contribution in [-0.4, -0.2) is 60.1 Å². The van der Waals surface area contributed by atoms with E-state index in [2.05, 4.69) is 31.8 Å². The molecule has 0 bridgehead atoms. The highest BCUT2D eigenvalue weighted by Crippen LogP contribution is 2.36. The highest BCUT2D eigenvalue weighted by Gasteiger charge is 2.50. The molecule has 1 spiro atoms. The number of carbonyl (C=O) groups is 2. The number of methoxy groups -OCH3 is 1. The van der Waals surface area contributed by atoms with E-state index in [4.69, 9.17) is 4.74 Å². The van der Waals surface area contributed by atoms with Gasteiger partial charge in [0.25, 0.3) is 0 Å². The van der Waals surface area contributed by atoms with Crippen LogP contribution in [-0.2, 0) is 11.3 Å². The first-order chi connectivity index (χ1) is 16.5. The lowest BCUT2D eigenvalue weighted by Gasteiger charge is -2.43. The molecule has 7 nitrogen and oxygen atoms in total. The predicted molar refractivity (Wildman–Crippen MR) is 133 cm³/mol. The standard InChI is InChI=1S/C27H32N4O3/c1-20(32)23-18-30(25-22(23)10-6-11-24(25)34-2)15-7-14-29-16-12-27(13-17-29)26(33)28-19-31(27)21-8-4-3-5-9-21/h3-6,8-11,18H,7,12-17,19H2,1-2H3,(H,28,33). The lowest BCUT2D eigenvalue weighted by molar-refractivity contribution is -0.125. The summed E-state index contributed by atoms with van der Waals surface area (Å²) in [6.45, 7) is 5.73. The van der Waals surface area contributed by atoms with Crippen LogP contribution in [0, 0.1) is 0 Å². The van der Waals surface area contributed by atoms with Crippen LogP contribution in [0.3, 0.4) is 0 Å². The lowest BCUT2D eigenvalue weighted by Crippen LogP contribution is -2.56. The number of rotatable bonds is 7. The second-order valence-corrected chi connectivity index (χ2v) is 9.30. The fourth-order valence-electron chi connectivity index (χ4n) is 5.59. The zero-order valence-corrected chi connectivity index (χ0v) is 19.9. The molecule has 178 valence electrons. The Morgan fingerprint density at radius 1 is 1.06 bits per heavy atom. The maximum atomic E-state index is 12.9. The number of nitrogens with zero attached hydrogens (tertiary/aromatic N) is 3. The van der Waals surface area contributed by atoms with Crippen molar-refractivity contribution >= 4 is 28.3 Å². The van der Waals surface area contributed by atoms with Crippen LogP contribution in [0.4, 0.5) is 5.69 Å². The van der Waals surface area contributed by atoms with Gasteiger partial charge in [-0.1, -0.05) is 30.3 Å². The Hall–Kier alpha value is -3.32. The molecule has 3 heterocycles. The van der Waals surface area contributed by atoms with Crippen LogP contribution in [0.2, 0.25) is 0 Å². The molecule has 0 saturated carbocycles. The highest BCUT2D eigenvalue weighted by molar-refractivity contribution is 6.08. The third-order valence-corrected chi connectivity index (χ3v) is 7.42. The molecule has 1 aromatic heterocycles. The van der Waals surface area contributed by atoms with Gasteiger partial charge in [-0.3, -0.25) is 9.59 Å². The second kappa shape index (κ2) is 9.14. The number of piperidine rings is 1. The molecule has 2 fully saturated rings. The Labute approximate surface area is 200 Å². The molecule has 0 radical (unpaired) electrons. The quantitative estimate of drug-likeness (QED) is 0.545. The van der Waals surface area contributed by atoms with Crippen LogP contribution >= 0.6 is 0 Å². The van der Waals surface area contributed by atoms with Crippen molar-refractivity contribution in [2.75, 3.05) is 38.3 Å². The van der Waals surface area contributed by atoms with Crippen molar-refractivity contribution in [2.45, 2.75) is 38.3 Å². The molecule has 0 unspecified atom stereocenters. The van der Waals surface area contributed by atoms with Crippen LogP contribution in [0.1, 0.15) is 36.5 Å². The van der Waals surface area contributed by atoms with E-state index in [-0.39, 0.29) is 11.7 Å². The molecule has 2 aromatic carbocycles. The van der Waals surface area contributed by atoms with Crippen molar-refractivity contribution in [3.05, 3.63) is 60.3 Å². The van der Waals surface area contributed by atoms with Gasteiger partial charge in [-0.2, -0.15) is 0 Å². The van der Waals surface area contributed by atoms with Crippen LogP contribution in [0.5, 0.6) is 5.75 Å². The number of para-hydroxylation sites is 2. The highest BCUT2D eigenvalue weighted by atomic mass is 16.5. The number of Topliss-reactive ketones (excluding diaryl/α,β-unsaturated/α-hetero) is 1. The van der Waals surface area contributed by atoms with E-state index in [0.717, 1.165) is 73.3 Å². The van der Waals surface area contributed by atoms with Gasteiger partial charge in [-0.05, 0) is 50.9 Å². The molecule has 7 heteroatoms. The van der Waals surface area contributed by atoms with Gasteiger partial charge in [0.05, 0.1) is 19.3 Å². The van der Waals surface area contributed by atoms with Gasteiger partial charge in [-0.15, -0.1) is 0 Å². The molecule has 3 aromatic rings. The van der Waals surface area contributed by atoms with E-state index in [0.29, 0.717) is 6.67 Å². The lowest BCUT2D eigenvalue weighted by atomic mass is 9.85. The van der Waals surface area contributed by atoms with Crippen molar-refractivity contribution < 1.29 is 14.3 Å². The molecular formula is C27H32N4O3. The minimum absolute atomic E-state index is 0.0659. The molecule has 2 saturated heterocycles.